The van der Waals surface area contributed by atoms with Crippen molar-refractivity contribution in [2.45, 2.75) is 12.5 Å². The van der Waals surface area contributed by atoms with Gasteiger partial charge in [-0.05, 0) is 59.7 Å². The minimum Gasteiger partial charge on any atom is -0.497 e. The molecule has 0 aliphatic carbocycles. The van der Waals surface area contributed by atoms with Gasteiger partial charge in [0.1, 0.15) is 5.75 Å². The second-order valence-corrected chi connectivity index (χ2v) is 6.67. The molecule has 0 aromatic heterocycles. The van der Waals surface area contributed by atoms with E-state index >= 15 is 0 Å². The van der Waals surface area contributed by atoms with Crippen LogP contribution >= 0.6 is 11.6 Å². The van der Waals surface area contributed by atoms with Gasteiger partial charge < -0.3 is 4.74 Å². The van der Waals surface area contributed by atoms with Gasteiger partial charge >= 0.3 is 0 Å². The molecule has 0 bridgehead atoms. The summed E-state index contributed by atoms with van der Waals surface area (Å²) in [5.74, 6) is 0.846. The Kier molecular flexibility index (Phi) is 4.63. The highest BCUT2D eigenvalue weighted by Gasteiger charge is 2.29. The summed E-state index contributed by atoms with van der Waals surface area (Å²) in [6.45, 7) is 0. The number of nitrogens with zero attached hydrogens (tertiary/aromatic N) is 2. The maximum atomic E-state index is 6.23. The van der Waals surface area contributed by atoms with Crippen molar-refractivity contribution in [3.8, 4) is 5.75 Å². The van der Waals surface area contributed by atoms with Gasteiger partial charge in [0.25, 0.3) is 0 Å². The predicted molar refractivity (Wildman–Crippen MR) is 107 cm³/mol. The second kappa shape index (κ2) is 7.22. The lowest BCUT2D eigenvalue weighted by Gasteiger charge is -2.24. The van der Waals surface area contributed by atoms with Gasteiger partial charge in [-0.25, -0.2) is 0 Å². The van der Waals surface area contributed by atoms with Crippen molar-refractivity contribution < 1.29 is 4.74 Å². The molecule has 0 saturated heterocycles. The molecule has 3 nitrogen and oxygen atoms in total. The number of hydrazone groups is 1. The highest BCUT2D eigenvalue weighted by atomic mass is 35.5. The van der Waals surface area contributed by atoms with Crippen LogP contribution in [0.1, 0.15) is 23.6 Å². The summed E-state index contributed by atoms with van der Waals surface area (Å²) in [5.41, 5.74) is 4.40. The Labute approximate surface area is 158 Å². The number of hydrogen-bond acceptors (Lipinski definition) is 3. The Morgan fingerprint density at radius 1 is 0.962 bits per heavy atom. The zero-order valence-corrected chi connectivity index (χ0v) is 15.2. The molecule has 1 heterocycles. The van der Waals surface area contributed by atoms with Crippen LogP contribution in [0.2, 0.25) is 5.02 Å². The molecule has 1 unspecified atom stereocenters. The average molecular weight is 363 g/mol. The van der Waals surface area contributed by atoms with E-state index in [-0.39, 0.29) is 6.04 Å². The van der Waals surface area contributed by atoms with Gasteiger partial charge in [0.2, 0.25) is 0 Å². The van der Waals surface area contributed by atoms with Gasteiger partial charge in [0.05, 0.1) is 24.6 Å². The van der Waals surface area contributed by atoms with Crippen LogP contribution < -0.4 is 9.75 Å². The summed E-state index contributed by atoms with van der Waals surface area (Å²) in [4.78, 5) is 0. The first-order valence-electron chi connectivity index (χ1n) is 8.56. The van der Waals surface area contributed by atoms with Crippen LogP contribution in [0.15, 0.2) is 84.0 Å². The number of ether oxygens (including phenoxy) is 1. The molecule has 1 aliphatic heterocycles. The minimum atomic E-state index is 0.119. The third-order valence-corrected chi connectivity index (χ3v) is 4.82. The van der Waals surface area contributed by atoms with Crippen molar-refractivity contribution in [3.05, 3.63) is 95.0 Å². The molecule has 0 amide bonds. The summed E-state index contributed by atoms with van der Waals surface area (Å²) >= 11 is 6.23. The number of halogens is 1. The number of rotatable bonds is 4. The lowest BCUT2D eigenvalue weighted by molar-refractivity contribution is 0.415. The molecular weight excluding hydrogens is 344 g/mol. The van der Waals surface area contributed by atoms with Crippen LogP contribution in [0.25, 0.3) is 0 Å². The predicted octanol–water partition coefficient (Wildman–Crippen LogP) is 5.70. The van der Waals surface area contributed by atoms with Gasteiger partial charge in [-0.3, -0.25) is 5.01 Å². The summed E-state index contributed by atoms with van der Waals surface area (Å²) in [6, 6.07) is 26.4. The largest absolute Gasteiger partial charge is 0.497 e. The van der Waals surface area contributed by atoms with Gasteiger partial charge in [-0.2, -0.15) is 5.10 Å². The van der Waals surface area contributed by atoms with Crippen molar-refractivity contribution in [3.63, 3.8) is 0 Å². The first-order valence-corrected chi connectivity index (χ1v) is 8.94. The zero-order chi connectivity index (χ0) is 17.9. The van der Waals surface area contributed by atoms with E-state index in [1.165, 1.54) is 0 Å². The molecule has 26 heavy (non-hydrogen) atoms. The zero-order valence-electron chi connectivity index (χ0n) is 14.5. The van der Waals surface area contributed by atoms with E-state index in [1.54, 1.807) is 7.11 Å². The number of para-hydroxylation sites is 1. The molecule has 0 N–H and O–H groups in total. The summed E-state index contributed by atoms with van der Waals surface area (Å²) in [5, 5.41) is 7.77. The van der Waals surface area contributed by atoms with Crippen LogP contribution in [-0.4, -0.2) is 12.8 Å². The molecule has 3 aromatic rings. The summed E-state index contributed by atoms with van der Waals surface area (Å²) in [6.07, 6.45) is 0.821. The highest BCUT2D eigenvalue weighted by molar-refractivity contribution is 6.30. The molecule has 0 saturated carbocycles. The molecule has 0 radical (unpaired) electrons. The lowest BCUT2D eigenvalue weighted by Crippen LogP contribution is -2.18. The number of anilines is 1. The molecule has 0 fully saturated rings. The normalized spacial score (nSPS) is 16.5. The molecule has 4 rings (SSSR count). The maximum Gasteiger partial charge on any atom is 0.118 e. The second-order valence-electron chi connectivity index (χ2n) is 6.23. The maximum absolute atomic E-state index is 6.23. The molecule has 4 heteroatoms. The third-order valence-electron chi connectivity index (χ3n) is 4.59. The van der Waals surface area contributed by atoms with Crippen LogP contribution in [0.3, 0.4) is 0 Å². The summed E-state index contributed by atoms with van der Waals surface area (Å²) < 4.78 is 5.26. The number of hydrogen-bond donors (Lipinski definition) is 0. The van der Waals surface area contributed by atoms with Crippen molar-refractivity contribution >= 4 is 23.0 Å². The van der Waals surface area contributed by atoms with Gasteiger partial charge in [-0.1, -0.05) is 41.9 Å². The molecular formula is C22H19ClN2O. The first-order chi connectivity index (χ1) is 12.7. The summed E-state index contributed by atoms with van der Waals surface area (Å²) in [7, 11) is 1.68. The molecule has 130 valence electrons. The Morgan fingerprint density at radius 3 is 2.42 bits per heavy atom. The SMILES string of the molecule is COc1ccc(C2=NN(c3ccccc3)C(c3cccc(Cl)c3)C2)cc1. The van der Waals surface area contributed by atoms with Gasteiger partial charge in [0, 0.05) is 11.4 Å². The van der Waals surface area contributed by atoms with E-state index in [4.69, 9.17) is 21.4 Å². The molecule has 1 aliphatic rings. The molecule has 3 aromatic carbocycles. The van der Waals surface area contributed by atoms with Crippen LogP contribution in [0, 0.1) is 0 Å². The monoisotopic (exact) mass is 362 g/mol. The third kappa shape index (κ3) is 3.31. The van der Waals surface area contributed by atoms with E-state index in [2.05, 4.69) is 35.3 Å². The highest BCUT2D eigenvalue weighted by Crippen LogP contribution is 2.37. The van der Waals surface area contributed by atoms with Crippen LogP contribution in [0.5, 0.6) is 5.75 Å². The minimum absolute atomic E-state index is 0.119. The molecule has 1 atom stereocenters. The number of methoxy groups -OCH3 is 1. The molecule has 0 spiro atoms. The Balaban J connectivity index is 1.72. The first kappa shape index (κ1) is 16.7. The smallest absolute Gasteiger partial charge is 0.118 e. The fraction of sp³-hybridized carbons (Fsp3) is 0.136. The van der Waals surface area contributed by atoms with Crippen molar-refractivity contribution in [2.75, 3.05) is 12.1 Å². The van der Waals surface area contributed by atoms with E-state index in [0.29, 0.717) is 0 Å². The van der Waals surface area contributed by atoms with E-state index in [1.807, 2.05) is 48.5 Å². The number of benzene rings is 3. The van der Waals surface area contributed by atoms with Crippen LogP contribution in [-0.2, 0) is 0 Å². The fourth-order valence-electron chi connectivity index (χ4n) is 3.26. The van der Waals surface area contributed by atoms with Crippen molar-refractivity contribution in [1.29, 1.82) is 0 Å². The van der Waals surface area contributed by atoms with Crippen molar-refractivity contribution in [1.82, 2.24) is 0 Å². The standard InChI is InChI=1S/C22H19ClN2O/c1-26-20-12-10-16(11-13-20)21-15-22(17-6-5-7-18(23)14-17)25(24-21)19-8-3-2-4-9-19/h2-14,22H,15H2,1H3. The fourth-order valence-corrected chi connectivity index (χ4v) is 3.46. The van der Waals surface area contributed by atoms with E-state index < -0.39 is 0 Å². The Hall–Kier alpha value is -2.78. The van der Waals surface area contributed by atoms with Gasteiger partial charge in [-0.15, -0.1) is 0 Å². The van der Waals surface area contributed by atoms with E-state index in [9.17, 15) is 0 Å². The van der Waals surface area contributed by atoms with Gasteiger partial charge in [0.15, 0.2) is 0 Å². The van der Waals surface area contributed by atoms with Crippen molar-refractivity contribution in [2.24, 2.45) is 5.10 Å². The average Bonchev–Trinajstić information content (AvgIpc) is 3.14. The Bertz CT molecular complexity index is 922. The Morgan fingerprint density at radius 2 is 1.73 bits per heavy atom. The van der Waals surface area contributed by atoms with E-state index in [0.717, 1.165) is 39.7 Å². The lowest BCUT2D eigenvalue weighted by atomic mass is 9.98. The van der Waals surface area contributed by atoms with Crippen LogP contribution in [0.4, 0.5) is 5.69 Å². The topological polar surface area (TPSA) is 24.8 Å². The quantitative estimate of drug-likeness (QED) is 0.594.